The Morgan fingerprint density at radius 3 is 2.79 bits per heavy atom. The Bertz CT molecular complexity index is 470. The average molecular weight is 208 g/mol. The van der Waals surface area contributed by atoms with Crippen LogP contribution < -0.4 is 5.73 Å². The molecule has 4 heteroatoms. The summed E-state index contributed by atoms with van der Waals surface area (Å²) in [6.07, 6.45) is 0. The lowest BCUT2D eigenvalue weighted by Crippen LogP contribution is -2.14. The summed E-state index contributed by atoms with van der Waals surface area (Å²) in [6, 6.07) is 5.59. The van der Waals surface area contributed by atoms with Gasteiger partial charge in [0.25, 0.3) is 0 Å². The maximum Gasteiger partial charge on any atom is 0.125 e. The molecule has 0 bridgehead atoms. The van der Waals surface area contributed by atoms with Crippen molar-refractivity contribution in [2.24, 2.45) is 0 Å². The molecule has 0 fully saturated rings. The summed E-state index contributed by atoms with van der Waals surface area (Å²) >= 11 is 1.50. The lowest BCUT2D eigenvalue weighted by atomic mass is 10.1. The van der Waals surface area contributed by atoms with Gasteiger partial charge in [0.1, 0.15) is 10.6 Å². The third-order valence-corrected chi connectivity index (χ3v) is 3.28. The number of aliphatic hydroxyl groups is 1. The topological polar surface area (TPSA) is 59.1 Å². The maximum atomic E-state index is 9.78. The van der Waals surface area contributed by atoms with Gasteiger partial charge in [-0.25, -0.2) is 4.98 Å². The Morgan fingerprint density at radius 2 is 2.14 bits per heavy atom. The van der Waals surface area contributed by atoms with E-state index < -0.39 is 5.60 Å². The molecular weight excluding hydrogens is 196 g/mol. The molecule has 2 rings (SSSR count). The van der Waals surface area contributed by atoms with E-state index in [-0.39, 0.29) is 0 Å². The quantitative estimate of drug-likeness (QED) is 0.706. The van der Waals surface area contributed by atoms with E-state index in [1.165, 1.54) is 11.3 Å². The van der Waals surface area contributed by atoms with Crippen LogP contribution >= 0.6 is 11.3 Å². The van der Waals surface area contributed by atoms with Crippen LogP contribution in [0, 0.1) is 0 Å². The Kier molecular flexibility index (Phi) is 1.97. The first-order valence-corrected chi connectivity index (χ1v) is 5.17. The summed E-state index contributed by atoms with van der Waals surface area (Å²) in [6.45, 7) is 3.46. The molecule has 1 heterocycles. The zero-order valence-corrected chi connectivity index (χ0v) is 8.93. The molecule has 0 atom stereocenters. The number of nitrogens with zero attached hydrogens (tertiary/aromatic N) is 1. The minimum absolute atomic E-state index is 0.699. The third-order valence-electron chi connectivity index (χ3n) is 1.93. The first-order valence-electron chi connectivity index (χ1n) is 4.36. The van der Waals surface area contributed by atoms with Gasteiger partial charge in [-0.15, -0.1) is 11.3 Å². The molecule has 0 aliphatic carbocycles. The zero-order chi connectivity index (χ0) is 10.3. The molecule has 1 aromatic carbocycles. The van der Waals surface area contributed by atoms with Gasteiger partial charge in [-0.1, -0.05) is 0 Å². The largest absolute Gasteiger partial charge is 0.399 e. The van der Waals surface area contributed by atoms with Crippen LogP contribution in [-0.4, -0.2) is 10.1 Å². The van der Waals surface area contributed by atoms with Gasteiger partial charge < -0.3 is 10.8 Å². The highest BCUT2D eigenvalue weighted by atomic mass is 32.1. The van der Waals surface area contributed by atoms with Crippen LogP contribution in [0.5, 0.6) is 0 Å². The predicted octanol–water partition coefficient (Wildman–Crippen LogP) is 2.11. The second-order valence-corrected chi connectivity index (χ2v) is 4.84. The second-order valence-electron chi connectivity index (χ2n) is 3.81. The van der Waals surface area contributed by atoms with Crippen LogP contribution in [0.3, 0.4) is 0 Å². The summed E-state index contributed by atoms with van der Waals surface area (Å²) < 4.78 is 1.05. The number of nitrogens with two attached hydrogens (primary N) is 1. The van der Waals surface area contributed by atoms with Crippen LogP contribution in [0.15, 0.2) is 18.2 Å². The Balaban J connectivity index is 2.63. The number of aromatic nitrogens is 1. The third kappa shape index (κ3) is 1.58. The number of rotatable bonds is 1. The van der Waals surface area contributed by atoms with Crippen LogP contribution in [0.1, 0.15) is 18.9 Å². The van der Waals surface area contributed by atoms with Gasteiger partial charge >= 0.3 is 0 Å². The predicted molar refractivity (Wildman–Crippen MR) is 59.3 cm³/mol. The first-order chi connectivity index (χ1) is 6.47. The zero-order valence-electron chi connectivity index (χ0n) is 8.11. The normalized spacial score (nSPS) is 12.2. The van der Waals surface area contributed by atoms with Crippen molar-refractivity contribution >= 4 is 27.2 Å². The van der Waals surface area contributed by atoms with Crippen molar-refractivity contribution in [2.45, 2.75) is 19.4 Å². The molecule has 14 heavy (non-hydrogen) atoms. The van der Waals surface area contributed by atoms with Crippen molar-refractivity contribution in [3.8, 4) is 0 Å². The standard InChI is InChI=1S/C10H12N2OS/c1-10(2,13)9-12-7-5-6(11)3-4-8(7)14-9/h3-5,13H,11H2,1-2H3. The van der Waals surface area contributed by atoms with Crippen LogP contribution in [0.25, 0.3) is 10.2 Å². The van der Waals surface area contributed by atoms with Gasteiger partial charge in [-0.05, 0) is 32.0 Å². The molecule has 0 radical (unpaired) electrons. The highest BCUT2D eigenvalue weighted by Gasteiger charge is 2.20. The summed E-state index contributed by atoms with van der Waals surface area (Å²) in [4.78, 5) is 4.33. The van der Waals surface area contributed by atoms with E-state index in [0.29, 0.717) is 5.69 Å². The Morgan fingerprint density at radius 1 is 1.43 bits per heavy atom. The van der Waals surface area contributed by atoms with Gasteiger partial charge in [-0.3, -0.25) is 0 Å². The van der Waals surface area contributed by atoms with Crippen molar-refractivity contribution in [3.63, 3.8) is 0 Å². The van der Waals surface area contributed by atoms with Gasteiger partial charge in [0.2, 0.25) is 0 Å². The number of thiazole rings is 1. The molecule has 3 nitrogen and oxygen atoms in total. The molecule has 0 aliphatic rings. The molecule has 1 aromatic heterocycles. The van der Waals surface area contributed by atoms with E-state index >= 15 is 0 Å². The lowest BCUT2D eigenvalue weighted by Gasteiger charge is -2.11. The number of nitrogen functional groups attached to an aromatic ring is 1. The van der Waals surface area contributed by atoms with Crippen molar-refractivity contribution in [1.82, 2.24) is 4.98 Å². The van der Waals surface area contributed by atoms with E-state index in [1.807, 2.05) is 18.2 Å². The fraction of sp³-hybridized carbons (Fsp3) is 0.300. The van der Waals surface area contributed by atoms with E-state index in [4.69, 9.17) is 5.73 Å². The molecule has 0 aliphatic heterocycles. The molecular formula is C10H12N2OS. The van der Waals surface area contributed by atoms with Crippen molar-refractivity contribution < 1.29 is 5.11 Å². The second kappa shape index (κ2) is 2.93. The van der Waals surface area contributed by atoms with Crippen molar-refractivity contribution in [3.05, 3.63) is 23.2 Å². The summed E-state index contributed by atoms with van der Waals surface area (Å²) in [7, 11) is 0. The van der Waals surface area contributed by atoms with Gasteiger partial charge in [0.15, 0.2) is 0 Å². The number of benzene rings is 1. The fourth-order valence-corrected chi connectivity index (χ4v) is 2.15. The lowest BCUT2D eigenvalue weighted by molar-refractivity contribution is 0.0785. The number of hydrogen-bond donors (Lipinski definition) is 2. The average Bonchev–Trinajstić information content (AvgIpc) is 2.45. The molecule has 0 spiro atoms. The Labute approximate surface area is 86.2 Å². The van der Waals surface area contributed by atoms with Crippen LogP contribution in [0.4, 0.5) is 5.69 Å². The smallest absolute Gasteiger partial charge is 0.125 e. The van der Waals surface area contributed by atoms with Gasteiger partial charge in [0.05, 0.1) is 10.2 Å². The molecule has 0 unspecified atom stereocenters. The van der Waals surface area contributed by atoms with E-state index in [9.17, 15) is 5.11 Å². The Hall–Kier alpha value is -1.13. The van der Waals surface area contributed by atoms with Crippen LogP contribution in [-0.2, 0) is 5.60 Å². The van der Waals surface area contributed by atoms with E-state index in [1.54, 1.807) is 13.8 Å². The van der Waals surface area contributed by atoms with Crippen molar-refractivity contribution in [1.29, 1.82) is 0 Å². The molecule has 0 saturated carbocycles. The summed E-state index contributed by atoms with van der Waals surface area (Å²) in [5.74, 6) is 0. The fourth-order valence-electron chi connectivity index (χ4n) is 1.21. The number of fused-ring (bicyclic) bond motifs is 1. The van der Waals surface area contributed by atoms with E-state index in [2.05, 4.69) is 4.98 Å². The monoisotopic (exact) mass is 208 g/mol. The van der Waals surface area contributed by atoms with Crippen molar-refractivity contribution in [2.75, 3.05) is 5.73 Å². The minimum atomic E-state index is -0.877. The van der Waals surface area contributed by atoms with Gasteiger partial charge in [0, 0.05) is 5.69 Å². The molecule has 2 aromatic rings. The first kappa shape index (κ1) is 9.43. The highest BCUT2D eigenvalue weighted by Crippen LogP contribution is 2.30. The highest BCUT2D eigenvalue weighted by molar-refractivity contribution is 7.18. The van der Waals surface area contributed by atoms with Gasteiger partial charge in [-0.2, -0.15) is 0 Å². The van der Waals surface area contributed by atoms with E-state index in [0.717, 1.165) is 15.2 Å². The molecule has 74 valence electrons. The number of hydrogen-bond acceptors (Lipinski definition) is 4. The SMILES string of the molecule is CC(C)(O)c1nc2cc(N)ccc2s1. The van der Waals surface area contributed by atoms with Crippen LogP contribution in [0.2, 0.25) is 0 Å². The summed E-state index contributed by atoms with van der Waals surface area (Å²) in [5, 5.41) is 10.5. The molecule has 0 amide bonds. The summed E-state index contributed by atoms with van der Waals surface area (Å²) in [5.41, 5.74) is 6.32. The molecule has 3 N–H and O–H groups in total. The minimum Gasteiger partial charge on any atom is -0.399 e. The maximum absolute atomic E-state index is 9.78. The molecule has 0 saturated heterocycles. The number of anilines is 1.